The maximum Gasteiger partial charge on any atom is 0.257 e. The Hall–Kier alpha value is -3.30. The zero-order chi connectivity index (χ0) is 18.1. The van der Waals surface area contributed by atoms with Crippen LogP contribution in [0.3, 0.4) is 0 Å². The van der Waals surface area contributed by atoms with Crippen LogP contribution in [0.15, 0.2) is 24.5 Å². The van der Waals surface area contributed by atoms with Crippen molar-refractivity contribution in [2.24, 2.45) is 0 Å². The highest BCUT2D eigenvalue weighted by atomic mass is 16.3. The number of H-pyrrole nitrogens is 1. The third kappa shape index (κ3) is 3.01. The number of nitrogens with zero attached hydrogens (tertiary/aromatic N) is 7. The summed E-state index contributed by atoms with van der Waals surface area (Å²) in [5.41, 5.74) is 0.854. The second-order valence-corrected chi connectivity index (χ2v) is 6.30. The number of hydrogen-bond donors (Lipinski definition) is 2. The van der Waals surface area contributed by atoms with E-state index in [-0.39, 0.29) is 23.1 Å². The molecule has 1 saturated heterocycles. The second kappa shape index (κ2) is 6.54. The normalized spacial score (nSPS) is 15.3. The van der Waals surface area contributed by atoms with Gasteiger partial charge in [-0.1, -0.05) is 0 Å². The van der Waals surface area contributed by atoms with Crippen LogP contribution in [-0.4, -0.2) is 64.4 Å². The molecule has 1 aliphatic rings. The predicted octanol–water partition coefficient (Wildman–Crippen LogP) is 0.814. The lowest BCUT2D eigenvalue weighted by atomic mass is 9.95. The highest BCUT2D eigenvalue weighted by Crippen LogP contribution is 2.28. The molecule has 0 radical (unpaired) electrons. The number of carbonyl (C=O) groups is 1. The Morgan fingerprint density at radius 1 is 1.31 bits per heavy atom. The van der Waals surface area contributed by atoms with Crippen LogP contribution in [0.25, 0.3) is 5.69 Å². The van der Waals surface area contributed by atoms with Gasteiger partial charge in [-0.15, -0.1) is 5.10 Å². The monoisotopic (exact) mass is 354 g/mol. The fraction of sp³-hybridized carbons (Fsp3) is 0.375. The number of benzene rings is 1. The maximum absolute atomic E-state index is 12.9. The van der Waals surface area contributed by atoms with E-state index in [0.717, 1.165) is 24.5 Å². The first kappa shape index (κ1) is 16.2. The van der Waals surface area contributed by atoms with Gasteiger partial charge in [-0.2, -0.15) is 5.10 Å². The molecule has 1 amide bonds. The molecule has 0 atom stereocenters. The van der Waals surface area contributed by atoms with Gasteiger partial charge in [0.05, 0.1) is 11.3 Å². The molecule has 2 N–H and O–H groups in total. The summed E-state index contributed by atoms with van der Waals surface area (Å²) in [5, 5.41) is 28.2. The Bertz CT molecular complexity index is 912. The molecule has 2 aromatic heterocycles. The zero-order valence-electron chi connectivity index (χ0n) is 14.2. The summed E-state index contributed by atoms with van der Waals surface area (Å²) in [5.74, 6) is 1.58. The lowest BCUT2D eigenvalue weighted by Gasteiger charge is -2.31. The molecule has 26 heavy (non-hydrogen) atoms. The fourth-order valence-corrected chi connectivity index (χ4v) is 3.17. The SMILES string of the molecule is Cc1nc(C2CCN(C(=O)c3cc(-n4cnnn4)ccc3O)CC2)n[nH]1. The van der Waals surface area contributed by atoms with Crippen molar-refractivity contribution < 1.29 is 9.90 Å². The topological polar surface area (TPSA) is 126 Å². The van der Waals surface area contributed by atoms with E-state index in [9.17, 15) is 9.90 Å². The van der Waals surface area contributed by atoms with Gasteiger partial charge in [0.1, 0.15) is 17.9 Å². The summed E-state index contributed by atoms with van der Waals surface area (Å²) >= 11 is 0. The molecule has 3 aromatic rings. The number of aromatic hydroxyl groups is 1. The number of likely N-dealkylation sites (tertiary alicyclic amines) is 1. The van der Waals surface area contributed by atoms with E-state index in [0.29, 0.717) is 18.8 Å². The maximum atomic E-state index is 12.9. The van der Waals surface area contributed by atoms with Gasteiger partial charge in [-0.25, -0.2) is 9.67 Å². The summed E-state index contributed by atoms with van der Waals surface area (Å²) in [4.78, 5) is 19.0. The smallest absolute Gasteiger partial charge is 0.257 e. The van der Waals surface area contributed by atoms with E-state index in [1.54, 1.807) is 17.0 Å². The molecular formula is C16H18N8O2. The van der Waals surface area contributed by atoms with E-state index in [1.165, 1.54) is 17.1 Å². The molecular weight excluding hydrogens is 336 g/mol. The minimum Gasteiger partial charge on any atom is -0.507 e. The molecule has 134 valence electrons. The van der Waals surface area contributed by atoms with Crippen molar-refractivity contribution in [3.05, 3.63) is 41.7 Å². The number of tetrazole rings is 1. The zero-order valence-corrected chi connectivity index (χ0v) is 14.2. The van der Waals surface area contributed by atoms with Gasteiger partial charge in [0, 0.05) is 19.0 Å². The molecule has 1 aromatic carbocycles. The van der Waals surface area contributed by atoms with Gasteiger partial charge >= 0.3 is 0 Å². The summed E-state index contributed by atoms with van der Waals surface area (Å²) in [7, 11) is 0. The Morgan fingerprint density at radius 2 is 2.12 bits per heavy atom. The van der Waals surface area contributed by atoms with Gasteiger partial charge in [-0.05, 0) is 48.4 Å². The number of phenolic OH excluding ortho intramolecular Hbond substituents is 1. The van der Waals surface area contributed by atoms with E-state index in [4.69, 9.17) is 0 Å². The predicted molar refractivity (Wildman–Crippen MR) is 89.8 cm³/mol. The minimum absolute atomic E-state index is 0.0569. The number of piperidine rings is 1. The van der Waals surface area contributed by atoms with E-state index in [1.807, 2.05) is 6.92 Å². The summed E-state index contributed by atoms with van der Waals surface area (Å²) in [6, 6.07) is 4.73. The molecule has 1 fully saturated rings. The largest absolute Gasteiger partial charge is 0.507 e. The van der Waals surface area contributed by atoms with Crippen LogP contribution < -0.4 is 0 Å². The molecule has 0 spiro atoms. The van der Waals surface area contributed by atoms with Crippen LogP contribution >= 0.6 is 0 Å². The Labute approximate surface area is 148 Å². The number of aromatic amines is 1. The van der Waals surface area contributed by atoms with Crippen molar-refractivity contribution in [2.45, 2.75) is 25.7 Å². The summed E-state index contributed by atoms with van der Waals surface area (Å²) < 4.78 is 1.44. The molecule has 0 bridgehead atoms. The van der Waals surface area contributed by atoms with Crippen molar-refractivity contribution >= 4 is 5.91 Å². The summed E-state index contributed by atoms with van der Waals surface area (Å²) in [6.07, 6.45) is 3.01. The number of aromatic nitrogens is 7. The Morgan fingerprint density at radius 3 is 2.77 bits per heavy atom. The number of carbonyl (C=O) groups excluding carboxylic acids is 1. The minimum atomic E-state index is -0.206. The lowest BCUT2D eigenvalue weighted by Crippen LogP contribution is -2.38. The van der Waals surface area contributed by atoms with Crippen LogP contribution in [0.5, 0.6) is 5.75 Å². The average molecular weight is 354 g/mol. The van der Waals surface area contributed by atoms with E-state index >= 15 is 0 Å². The number of nitrogens with one attached hydrogen (secondary N) is 1. The van der Waals surface area contributed by atoms with Crippen LogP contribution in [0, 0.1) is 6.92 Å². The molecule has 10 nitrogen and oxygen atoms in total. The first-order valence-electron chi connectivity index (χ1n) is 8.36. The Kier molecular flexibility index (Phi) is 4.07. The Balaban J connectivity index is 1.49. The van der Waals surface area contributed by atoms with Crippen molar-refractivity contribution in [2.75, 3.05) is 13.1 Å². The number of rotatable bonds is 3. The van der Waals surface area contributed by atoms with Crippen molar-refractivity contribution in [1.82, 2.24) is 40.3 Å². The van der Waals surface area contributed by atoms with Crippen molar-refractivity contribution in [3.8, 4) is 11.4 Å². The van der Waals surface area contributed by atoms with E-state index in [2.05, 4.69) is 30.7 Å². The third-order valence-electron chi connectivity index (χ3n) is 4.59. The van der Waals surface area contributed by atoms with Gasteiger partial charge < -0.3 is 10.0 Å². The molecule has 1 aliphatic heterocycles. The lowest BCUT2D eigenvalue weighted by molar-refractivity contribution is 0.0708. The highest BCUT2D eigenvalue weighted by molar-refractivity contribution is 5.97. The van der Waals surface area contributed by atoms with Gasteiger partial charge in [0.15, 0.2) is 5.82 Å². The molecule has 4 rings (SSSR count). The van der Waals surface area contributed by atoms with Crippen LogP contribution in [0.4, 0.5) is 0 Å². The molecule has 10 heteroatoms. The average Bonchev–Trinajstić information content (AvgIpc) is 3.34. The standard InChI is InChI=1S/C16H18N8O2/c1-10-18-15(20-19-10)11-4-6-23(7-5-11)16(26)13-8-12(2-3-14(13)25)24-9-17-21-22-24/h2-3,8-9,11,25H,4-7H2,1H3,(H,18,19,20). The molecule has 0 aliphatic carbocycles. The first-order chi connectivity index (χ1) is 12.6. The number of aryl methyl sites for hydroxylation is 1. The van der Waals surface area contributed by atoms with Crippen LogP contribution in [-0.2, 0) is 0 Å². The number of hydrogen-bond acceptors (Lipinski definition) is 7. The van der Waals surface area contributed by atoms with Gasteiger partial charge in [-0.3, -0.25) is 9.89 Å². The highest BCUT2D eigenvalue weighted by Gasteiger charge is 2.28. The van der Waals surface area contributed by atoms with Crippen LogP contribution in [0.1, 0.15) is 40.8 Å². The number of amides is 1. The molecule has 0 saturated carbocycles. The summed E-state index contributed by atoms with van der Waals surface area (Å²) in [6.45, 7) is 3.05. The van der Waals surface area contributed by atoms with Crippen molar-refractivity contribution in [3.63, 3.8) is 0 Å². The van der Waals surface area contributed by atoms with Crippen LogP contribution in [0.2, 0.25) is 0 Å². The van der Waals surface area contributed by atoms with Gasteiger partial charge in [0.25, 0.3) is 5.91 Å². The fourth-order valence-electron chi connectivity index (χ4n) is 3.17. The third-order valence-corrected chi connectivity index (χ3v) is 4.59. The second-order valence-electron chi connectivity index (χ2n) is 6.30. The van der Waals surface area contributed by atoms with Crippen molar-refractivity contribution in [1.29, 1.82) is 0 Å². The first-order valence-corrected chi connectivity index (χ1v) is 8.36. The molecule has 3 heterocycles. The molecule has 0 unspecified atom stereocenters. The number of phenols is 1. The quantitative estimate of drug-likeness (QED) is 0.713. The van der Waals surface area contributed by atoms with Gasteiger partial charge in [0.2, 0.25) is 0 Å². The van der Waals surface area contributed by atoms with E-state index < -0.39 is 0 Å².